The Hall–Kier alpha value is -1.07. The minimum absolute atomic E-state index is 0.406. The van der Waals surface area contributed by atoms with Crippen LogP contribution in [0.4, 0.5) is 5.69 Å². The van der Waals surface area contributed by atoms with Gasteiger partial charge in [-0.15, -0.1) is 0 Å². The highest BCUT2D eigenvalue weighted by molar-refractivity contribution is 7.89. The molecule has 0 unspecified atom stereocenters. The van der Waals surface area contributed by atoms with Gasteiger partial charge in [-0.05, 0) is 55.4 Å². The van der Waals surface area contributed by atoms with E-state index >= 15 is 0 Å². The fourth-order valence-electron chi connectivity index (χ4n) is 3.77. The first-order chi connectivity index (χ1) is 10.1. The van der Waals surface area contributed by atoms with E-state index in [9.17, 15) is 8.42 Å². The van der Waals surface area contributed by atoms with Gasteiger partial charge < -0.3 is 5.32 Å². The fraction of sp³-hybridized carbons (Fsp3) is 0.625. The Labute approximate surface area is 127 Å². The predicted octanol–water partition coefficient (Wildman–Crippen LogP) is 3.07. The second-order valence-corrected chi connectivity index (χ2v) is 8.32. The predicted molar refractivity (Wildman–Crippen MR) is 84.9 cm³/mol. The van der Waals surface area contributed by atoms with Gasteiger partial charge in [0.1, 0.15) is 0 Å². The second kappa shape index (κ2) is 5.61. The molecule has 116 valence electrons. The summed E-state index contributed by atoms with van der Waals surface area (Å²) in [5.74, 6) is 0. The molecule has 21 heavy (non-hydrogen) atoms. The number of hydrogen-bond acceptors (Lipinski definition) is 3. The molecule has 1 aromatic carbocycles. The number of nitrogens with one attached hydrogen (secondary N) is 1. The molecule has 1 N–H and O–H groups in total. The third-order valence-electron chi connectivity index (χ3n) is 5.23. The molecule has 1 aromatic rings. The summed E-state index contributed by atoms with van der Waals surface area (Å²) in [6.45, 7) is 1.35. The summed E-state index contributed by atoms with van der Waals surface area (Å²) in [6, 6.07) is 7.02. The summed E-state index contributed by atoms with van der Waals surface area (Å²) < 4.78 is 27.1. The van der Waals surface area contributed by atoms with Crippen LogP contribution in [0.25, 0.3) is 0 Å². The van der Waals surface area contributed by atoms with Crippen LogP contribution in [0.2, 0.25) is 0 Å². The van der Waals surface area contributed by atoms with Crippen molar-refractivity contribution in [1.82, 2.24) is 4.31 Å². The van der Waals surface area contributed by atoms with Crippen molar-refractivity contribution >= 4 is 15.7 Å². The minimum atomic E-state index is -3.33. The maximum absolute atomic E-state index is 12.7. The molecular formula is C16H24N2O2S. The second-order valence-electron chi connectivity index (χ2n) is 6.39. The Morgan fingerprint density at radius 2 is 1.57 bits per heavy atom. The Kier molecular flexibility index (Phi) is 3.97. The molecule has 2 fully saturated rings. The van der Waals surface area contributed by atoms with Crippen molar-refractivity contribution in [1.29, 1.82) is 0 Å². The van der Waals surface area contributed by atoms with E-state index in [1.807, 2.05) is 19.2 Å². The smallest absolute Gasteiger partial charge is 0.243 e. The lowest BCUT2D eigenvalue weighted by atomic mass is 9.78. The van der Waals surface area contributed by atoms with Gasteiger partial charge in [-0.3, -0.25) is 0 Å². The number of sulfonamides is 1. The van der Waals surface area contributed by atoms with Crippen molar-refractivity contribution < 1.29 is 8.42 Å². The fourth-order valence-corrected chi connectivity index (χ4v) is 5.21. The standard InChI is InChI=1S/C16H24N2O2S/c1-17-14-4-6-15(7-5-14)21(19,20)18-12-10-16(11-13-18)8-2-3-9-16/h4-7,17H,2-3,8-13H2,1H3. The molecule has 1 saturated heterocycles. The molecule has 0 atom stereocenters. The van der Waals surface area contributed by atoms with Gasteiger partial charge in [0, 0.05) is 25.8 Å². The highest BCUT2D eigenvalue weighted by atomic mass is 32.2. The zero-order valence-electron chi connectivity index (χ0n) is 12.6. The number of piperidine rings is 1. The van der Waals surface area contributed by atoms with E-state index in [0.717, 1.165) is 18.5 Å². The van der Waals surface area contributed by atoms with Crippen molar-refractivity contribution in [3.63, 3.8) is 0 Å². The summed E-state index contributed by atoms with van der Waals surface area (Å²) in [5.41, 5.74) is 1.37. The van der Waals surface area contributed by atoms with Gasteiger partial charge in [-0.1, -0.05) is 12.8 Å². The number of rotatable bonds is 3. The van der Waals surface area contributed by atoms with Crippen LogP contribution >= 0.6 is 0 Å². The third kappa shape index (κ3) is 2.81. The van der Waals surface area contributed by atoms with Crippen molar-refractivity contribution in [2.75, 3.05) is 25.5 Å². The number of nitrogens with zero attached hydrogens (tertiary/aromatic N) is 1. The highest BCUT2D eigenvalue weighted by Crippen LogP contribution is 2.46. The van der Waals surface area contributed by atoms with Crippen LogP contribution in [-0.4, -0.2) is 32.9 Å². The summed E-state index contributed by atoms with van der Waals surface area (Å²) in [6.07, 6.45) is 7.27. The van der Waals surface area contributed by atoms with Crippen LogP contribution < -0.4 is 5.32 Å². The minimum Gasteiger partial charge on any atom is -0.388 e. The molecular weight excluding hydrogens is 284 g/mol. The summed E-state index contributed by atoms with van der Waals surface area (Å²) >= 11 is 0. The maximum atomic E-state index is 12.7. The molecule has 3 rings (SSSR count). The third-order valence-corrected chi connectivity index (χ3v) is 7.14. The molecule has 5 heteroatoms. The van der Waals surface area contributed by atoms with Gasteiger partial charge in [0.05, 0.1) is 4.90 Å². The van der Waals surface area contributed by atoms with Crippen LogP contribution in [0, 0.1) is 5.41 Å². The van der Waals surface area contributed by atoms with Crippen LogP contribution in [0.1, 0.15) is 38.5 Å². The molecule has 0 amide bonds. The van der Waals surface area contributed by atoms with Gasteiger partial charge in [0.15, 0.2) is 0 Å². The topological polar surface area (TPSA) is 49.4 Å². The van der Waals surface area contributed by atoms with E-state index < -0.39 is 10.0 Å². The van der Waals surface area contributed by atoms with E-state index in [0.29, 0.717) is 23.4 Å². The van der Waals surface area contributed by atoms with Crippen molar-refractivity contribution in [2.45, 2.75) is 43.4 Å². The average molecular weight is 308 g/mol. The molecule has 0 aromatic heterocycles. The number of anilines is 1. The molecule has 1 aliphatic heterocycles. The van der Waals surface area contributed by atoms with E-state index in [1.54, 1.807) is 16.4 Å². The normalized spacial score (nSPS) is 22.5. The first-order valence-corrected chi connectivity index (χ1v) is 9.28. The van der Waals surface area contributed by atoms with Crippen LogP contribution in [-0.2, 0) is 10.0 Å². The molecule has 1 heterocycles. The average Bonchev–Trinajstić information content (AvgIpc) is 2.96. The first-order valence-electron chi connectivity index (χ1n) is 7.84. The highest BCUT2D eigenvalue weighted by Gasteiger charge is 2.39. The van der Waals surface area contributed by atoms with E-state index in [-0.39, 0.29) is 0 Å². The number of benzene rings is 1. The Morgan fingerprint density at radius 1 is 1.00 bits per heavy atom. The lowest BCUT2D eigenvalue weighted by Gasteiger charge is -2.38. The molecule has 4 nitrogen and oxygen atoms in total. The maximum Gasteiger partial charge on any atom is 0.243 e. The Bertz CT molecular complexity index is 579. The van der Waals surface area contributed by atoms with E-state index in [4.69, 9.17) is 0 Å². The molecule has 1 saturated carbocycles. The van der Waals surface area contributed by atoms with Crippen molar-refractivity contribution in [2.24, 2.45) is 5.41 Å². The van der Waals surface area contributed by atoms with Gasteiger partial charge in [-0.25, -0.2) is 8.42 Å². The number of hydrogen-bond donors (Lipinski definition) is 1. The molecule has 0 bridgehead atoms. The SMILES string of the molecule is CNc1ccc(S(=O)(=O)N2CCC3(CCCC3)CC2)cc1. The van der Waals surface area contributed by atoms with E-state index in [2.05, 4.69) is 5.32 Å². The largest absolute Gasteiger partial charge is 0.388 e. The first kappa shape index (κ1) is 14.9. The Morgan fingerprint density at radius 3 is 2.10 bits per heavy atom. The monoisotopic (exact) mass is 308 g/mol. The van der Waals surface area contributed by atoms with E-state index in [1.165, 1.54) is 25.7 Å². The van der Waals surface area contributed by atoms with Crippen LogP contribution in [0.15, 0.2) is 29.2 Å². The lowest BCUT2D eigenvalue weighted by Crippen LogP contribution is -2.42. The summed E-state index contributed by atoms with van der Waals surface area (Å²) in [4.78, 5) is 0.406. The van der Waals surface area contributed by atoms with Gasteiger partial charge >= 0.3 is 0 Å². The quantitative estimate of drug-likeness (QED) is 0.933. The molecule has 1 aliphatic carbocycles. The van der Waals surface area contributed by atoms with Crippen LogP contribution in [0.5, 0.6) is 0 Å². The molecule has 1 spiro atoms. The molecule has 0 radical (unpaired) electrons. The summed E-state index contributed by atoms with van der Waals surface area (Å²) in [5, 5.41) is 3.01. The van der Waals surface area contributed by atoms with Gasteiger partial charge in [-0.2, -0.15) is 4.31 Å². The van der Waals surface area contributed by atoms with Crippen LogP contribution in [0.3, 0.4) is 0 Å². The van der Waals surface area contributed by atoms with Gasteiger partial charge in [0.2, 0.25) is 10.0 Å². The Balaban J connectivity index is 1.73. The zero-order valence-corrected chi connectivity index (χ0v) is 13.5. The summed E-state index contributed by atoms with van der Waals surface area (Å²) in [7, 11) is -1.50. The van der Waals surface area contributed by atoms with Gasteiger partial charge in [0.25, 0.3) is 0 Å². The zero-order chi connectivity index (χ0) is 14.9. The lowest BCUT2D eigenvalue weighted by molar-refractivity contribution is 0.160. The van der Waals surface area contributed by atoms with Crippen molar-refractivity contribution in [3.8, 4) is 0 Å². The molecule has 2 aliphatic rings. The van der Waals surface area contributed by atoms with Crippen molar-refractivity contribution in [3.05, 3.63) is 24.3 Å².